The first-order valence-electron chi connectivity index (χ1n) is 9.22. The predicted octanol–water partition coefficient (Wildman–Crippen LogP) is 3.94. The van der Waals surface area contributed by atoms with Crippen LogP contribution in [-0.4, -0.2) is 10.8 Å². The number of rotatable bonds is 4. The number of hydrogen-bond donors (Lipinski definition) is 1. The Hall–Kier alpha value is -1.91. The molecule has 4 aliphatic carbocycles. The molecule has 4 fully saturated rings. The maximum atomic E-state index is 12.2. The fourth-order valence-corrected chi connectivity index (χ4v) is 6.53. The molecule has 5 rings (SSSR count). The summed E-state index contributed by atoms with van der Waals surface area (Å²) < 4.78 is 0. The Kier molecular flexibility index (Phi) is 3.35. The number of benzene rings is 1. The van der Waals surface area contributed by atoms with E-state index < -0.39 is 5.41 Å². The second-order valence-corrected chi connectivity index (χ2v) is 9.31. The zero-order chi connectivity index (χ0) is 18.0. The van der Waals surface area contributed by atoms with Crippen molar-refractivity contribution in [3.63, 3.8) is 0 Å². The molecule has 1 aromatic carbocycles. The normalized spacial score (nSPS) is 36.4. The van der Waals surface area contributed by atoms with Gasteiger partial charge in [-0.2, -0.15) is 0 Å². The van der Waals surface area contributed by atoms with Crippen LogP contribution in [0.5, 0.6) is 0 Å². The summed E-state index contributed by atoms with van der Waals surface area (Å²) in [5, 5.41) is 11.0. The molecule has 0 saturated heterocycles. The minimum Gasteiger partial charge on any atom is -0.369 e. The molecular weight excluding hydrogens is 316 g/mol. The maximum absolute atomic E-state index is 12.2. The van der Waals surface area contributed by atoms with Crippen LogP contribution in [0, 0.1) is 32.8 Å². The number of nitro benzene ring substituents is 1. The minimum atomic E-state index is -0.517. The van der Waals surface area contributed by atoms with Crippen LogP contribution < -0.4 is 5.73 Å². The fraction of sp³-hybridized carbons (Fsp3) is 0.650. The van der Waals surface area contributed by atoms with Crippen molar-refractivity contribution >= 4 is 11.6 Å². The van der Waals surface area contributed by atoms with Gasteiger partial charge in [0.05, 0.1) is 4.92 Å². The standard InChI is InChI=1S/C20H26N2O3/c1-18(2,17(21)23)20-10-13-7-14(11-20)9-19(8-13,12-20)15-3-5-16(6-4-15)22(24)25/h3-6,13-14H,7-12H2,1-2H3,(H2,21,23). The van der Waals surface area contributed by atoms with E-state index in [4.69, 9.17) is 5.73 Å². The molecule has 5 heteroatoms. The van der Waals surface area contributed by atoms with Gasteiger partial charge in [-0.25, -0.2) is 0 Å². The smallest absolute Gasteiger partial charge is 0.269 e. The van der Waals surface area contributed by atoms with Gasteiger partial charge in [0.1, 0.15) is 0 Å². The molecule has 4 bridgehead atoms. The Balaban J connectivity index is 1.76. The van der Waals surface area contributed by atoms with Gasteiger partial charge in [-0.1, -0.05) is 26.0 Å². The van der Waals surface area contributed by atoms with Crippen molar-refractivity contribution in [2.75, 3.05) is 0 Å². The van der Waals surface area contributed by atoms with Crippen molar-refractivity contribution in [2.24, 2.45) is 28.4 Å². The van der Waals surface area contributed by atoms with Crippen LogP contribution in [0.25, 0.3) is 0 Å². The van der Waals surface area contributed by atoms with E-state index in [1.54, 1.807) is 12.1 Å². The van der Waals surface area contributed by atoms with Crippen LogP contribution in [0.3, 0.4) is 0 Å². The number of nitrogens with zero attached hydrogens (tertiary/aromatic N) is 1. The van der Waals surface area contributed by atoms with Gasteiger partial charge in [0.25, 0.3) is 5.69 Å². The Morgan fingerprint density at radius 2 is 1.72 bits per heavy atom. The summed E-state index contributed by atoms with van der Waals surface area (Å²) in [6.07, 6.45) is 6.68. The number of non-ortho nitro benzene ring substituents is 1. The minimum absolute atomic E-state index is 0.0370. The van der Waals surface area contributed by atoms with Gasteiger partial charge in [-0.15, -0.1) is 0 Å². The molecule has 1 aromatic rings. The number of carbonyl (C=O) groups excluding carboxylic acids is 1. The van der Waals surface area contributed by atoms with Crippen LogP contribution in [0.2, 0.25) is 0 Å². The SMILES string of the molecule is CC(C)(C(N)=O)C12CC3CC(CC(c4ccc([N+](=O)[O-])cc4)(C3)C1)C2. The summed E-state index contributed by atoms with van der Waals surface area (Å²) in [7, 11) is 0. The first kappa shape index (κ1) is 16.6. The van der Waals surface area contributed by atoms with Crippen molar-refractivity contribution in [1.82, 2.24) is 0 Å². The molecule has 0 aromatic heterocycles. The van der Waals surface area contributed by atoms with Gasteiger partial charge in [0.15, 0.2) is 0 Å². The van der Waals surface area contributed by atoms with E-state index >= 15 is 0 Å². The molecule has 5 nitrogen and oxygen atoms in total. The van der Waals surface area contributed by atoms with E-state index in [1.165, 1.54) is 12.0 Å². The molecule has 2 unspecified atom stereocenters. The zero-order valence-corrected chi connectivity index (χ0v) is 15.0. The highest BCUT2D eigenvalue weighted by molar-refractivity contribution is 5.81. The van der Waals surface area contributed by atoms with Crippen LogP contribution in [-0.2, 0) is 10.2 Å². The third-order valence-electron chi connectivity index (χ3n) is 7.69. The molecule has 0 spiro atoms. The summed E-state index contributed by atoms with van der Waals surface area (Å²) in [5.41, 5.74) is 6.65. The second-order valence-electron chi connectivity index (χ2n) is 9.31. The predicted molar refractivity (Wildman–Crippen MR) is 94.9 cm³/mol. The van der Waals surface area contributed by atoms with Gasteiger partial charge in [0, 0.05) is 17.5 Å². The van der Waals surface area contributed by atoms with Gasteiger partial charge in [0.2, 0.25) is 5.91 Å². The molecule has 1 amide bonds. The van der Waals surface area contributed by atoms with Crippen molar-refractivity contribution in [1.29, 1.82) is 0 Å². The molecule has 2 N–H and O–H groups in total. The molecular formula is C20H26N2O3. The van der Waals surface area contributed by atoms with E-state index in [9.17, 15) is 14.9 Å². The number of hydrogen-bond acceptors (Lipinski definition) is 3. The molecule has 4 aliphatic rings. The van der Waals surface area contributed by atoms with Crippen LogP contribution in [0.15, 0.2) is 24.3 Å². The van der Waals surface area contributed by atoms with Gasteiger partial charge in [-0.3, -0.25) is 14.9 Å². The highest BCUT2D eigenvalue weighted by Gasteiger charge is 2.63. The van der Waals surface area contributed by atoms with Crippen molar-refractivity contribution < 1.29 is 9.72 Å². The molecule has 25 heavy (non-hydrogen) atoms. The Morgan fingerprint density at radius 3 is 2.20 bits per heavy atom. The van der Waals surface area contributed by atoms with E-state index in [0.29, 0.717) is 11.8 Å². The lowest BCUT2D eigenvalue weighted by Crippen LogP contribution is -2.61. The Labute approximate surface area is 148 Å². The summed E-state index contributed by atoms with van der Waals surface area (Å²) >= 11 is 0. The monoisotopic (exact) mass is 342 g/mol. The molecule has 0 heterocycles. The van der Waals surface area contributed by atoms with Crippen molar-refractivity contribution in [3.8, 4) is 0 Å². The quantitative estimate of drug-likeness (QED) is 0.664. The van der Waals surface area contributed by atoms with E-state index in [-0.39, 0.29) is 27.3 Å². The number of amides is 1. The molecule has 2 atom stereocenters. The number of nitro groups is 1. The fourth-order valence-electron chi connectivity index (χ4n) is 6.53. The lowest BCUT2D eigenvalue weighted by molar-refractivity contribution is -0.384. The maximum Gasteiger partial charge on any atom is 0.269 e. The number of nitrogens with two attached hydrogens (primary N) is 1. The Bertz CT molecular complexity index is 724. The molecule has 0 radical (unpaired) electrons. The third-order valence-corrected chi connectivity index (χ3v) is 7.69. The first-order chi connectivity index (χ1) is 11.7. The average molecular weight is 342 g/mol. The molecule has 134 valence electrons. The summed E-state index contributed by atoms with van der Waals surface area (Å²) in [6, 6.07) is 7.13. The summed E-state index contributed by atoms with van der Waals surface area (Å²) in [4.78, 5) is 22.9. The van der Waals surface area contributed by atoms with Crippen molar-refractivity contribution in [2.45, 2.75) is 57.8 Å². The number of primary amides is 1. The van der Waals surface area contributed by atoms with Crippen molar-refractivity contribution in [3.05, 3.63) is 39.9 Å². The van der Waals surface area contributed by atoms with Gasteiger partial charge < -0.3 is 5.73 Å². The Morgan fingerprint density at radius 1 is 1.16 bits per heavy atom. The summed E-state index contributed by atoms with van der Waals surface area (Å²) in [5.74, 6) is 1.07. The molecule has 4 saturated carbocycles. The number of carbonyl (C=O) groups is 1. The van der Waals surface area contributed by atoms with E-state index in [2.05, 4.69) is 0 Å². The van der Waals surface area contributed by atoms with Gasteiger partial charge in [-0.05, 0) is 66.8 Å². The largest absolute Gasteiger partial charge is 0.369 e. The lowest BCUT2D eigenvalue weighted by atomic mass is 9.38. The van der Waals surface area contributed by atoms with E-state index in [1.807, 2.05) is 26.0 Å². The highest BCUT2D eigenvalue weighted by atomic mass is 16.6. The first-order valence-corrected chi connectivity index (χ1v) is 9.22. The third kappa shape index (κ3) is 2.24. The van der Waals surface area contributed by atoms with E-state index in [0.717, 1.165) is 32.1 Å². The van der Waals surface area contributed by atoms with Gasteiger partial charge >= 0.3 is 0 Å². The second kappa shape index (κ2) is 5.05. The zero-order valence-electron chi connectivity index (χ0n) is 15.0. The van der Waals surface area contributed by atoms with Crippen LogP contribution >= 0.6 is 0 Å². The molecule has 0 aliphatic heterocycles. The topological polar surface area (TPSA) is 86.2 Å². The van der Waals surface area contributed by atoms with Crippen LogP contribution in [0.4, 0.5) is 5.69 Å². The summed E-state index contributed by atoms with van der Waals surface area (Å²) in [6.45, 7) is 4.04. The van der Waals surface area contributed by atoms with Crippen LogP contribution in [0.1, 0.15) is 57.9 Å². The lowest BCUT2D eigenvalue weighted by Gasteiger charge is -2.66. The average Bonchev–Trinajstić information content (AvgIpc) is 2.53. The highest BCUT2D eigenvalue weighted by Crippen LogP contribution is 2.70.